The largest absolute Gasteiger partial charge is 0.389 e. The topological polar surface area (TPSA) is 32.3 Å². The Hall–Kier alpha value is -1.64. The zero-order valence-corrected chi connectivity index (χ0v) is 17.1. The Kier molecular flexibility index (Phi) is 6.73. The molecule has 2 nitrogen and oxygen atoms in total. The number of nitrogens with one attached hydrogen (secondary N) is 1. The van der Waals surface area contributed by atoms with Crippen molar-refractivity contribution in [1.82, 2.24) is 5.32 Å². The van der Waals surface area contributed by atoms with Gasteiger partial charge in [-0.2, -0.15) is 0 Å². The molecule has 27 heavy (non-hydrogen) atoms. The van der Waals surface area contributed by atoms with Gasteiger partial charge in [0.15, 0.2) is 0 Å². The summed E-state index contributed by atoms with van der Waals surface area (Å²) < 4.78 is 0. The van der Waals surface area contributed by atoms with Gasteiger partial charge < -0.3 is 10.4 Å². The molecule has 1 saturated heterocycles. The molecule has 2 aromatic carbocycles. The summed E-state index contributed by atoms with van der Waals surface area (Å²) in [5.41, 5.74) is 1.87. The van der Waals surface area contributed by atoms with Gasteiger partial charge in [-0.25, -0.2) is 0 Å². The summed E-state index contributed by atoms with van der Waals surface area (Å²) in [4.78, 5) is 0. The minimum Gasteiger partial charge on any atom is -0.389 e. The van der Waals surface area contributed by atoms with E-state index in [4.69, 9.17) is 0 Å². The van der Waals surface area contributed by atoms with Crippen molar-refractivity contribution in [2.24, 2.45) is 11.8 Å². The second-order valence-corrected chi connectivity index (χ2v) is 8.32. The van der Waals surface area contributed by atoms with Crippen LogP contribution < -0.4 is 5.32 Å². The van der Waals surface area contributed by atoms with E-state index in [-0.39, 0.29) is 23.9 Å². The first-order valence-electron chi connectivity index (χ1n) is 10.7. The molecule has 2 N–H and O–H groups in total. The minimum atomic E-state index is -0.667. The van der Waals surface area contributed by atoms with Crippen LogP contribution in [-0.4, -0.2) is 10.7 Å². The van der Waals surface area contributed by atoms with Crippen LogP contribution in [0, 0.1) is 11.8 Å². The van der Waals surface area contributed by atoms with Gasteiger partial charge in [-0.05, 0) is 17.5 Å². The monoisotopic (exact) mass is 365 g/mol. The highest BCUT2D eigenvalue weighted by molar-refractivity contribution is 5.27. The molecule has 0 amide bonds. The van der Waals surface area contributed by atoms with Crippen LogP contribution in [-0.2, 0) is 0 Å². The molecule has 1 aliphatic rings. The summed E-state index contributed by atoms with van der Waals surface area (Å²) in [7, 11) is 0. The molecule has 0 aliphatic carbocycles. The molecular weight excluding hydrogens is 330 g/mol. The Morgan fingerprint density at radius 3 is 1.70 bits per heavy atom. The van der Waals surface area contributed by atoms with E-state index in [1.165, 1.54) is 30.4 Å². The van der Waals surface area contributed by atoms with Crippen molar-refractivity contribution in [3.63, 3.8) is 0 Å². The maximum Gasteiger partial charge on any atom is 0.0734 e. The van der Waals surface area contributed by atoms with Gasteiger partial charge in [0.05, 0.1) is 5.60 Å². The third kappa shape index (κ3) is 4.28. The van der Waals surface area contributed by atoms with Gasteiger partial charge in [0.2, 0.25) is 0 Å². The fourth-order valence-electron chi connectivity index (χ4n) is 4.85. The molecule has 3 rings (SSSR count). The molecule has 146 valence electrons. The first-order valence-corrected chi connectivity index (χ1v) is 10.7. The lowest BCUT2D eigenvalue weighted by atomic mass is 9.64. The van der Waals surface area contributed by atoms with Crippen molar-refractivity contribution in [2.45, 2.75) is 70.6 Å². The molecule has 1 aliphatic heterocycles. The third-order valence-corrected chi connectivity index (χ3v) is 6.68. The van der Waals surface area contributed by atoms with Gasteiger partial charge in [-0.1, -0.05) is 107 Å². The number of piperidine rings is 1. The van der Waals surface area contributed by atoms with Gasteiger partial charge in [0.1, 0.15) is 0 Å². The van der Waals surface area contributed by atoms with Crippen molar-refractivity contribution in [1.29, 1.82) is 0 Å². The standard InChI is InChI=1S/C25H35NO/c1-4-5-6-13-18-25(27)19(2)23(21-14-9-7-10-15-21)26-24(20(25)3)22-16-11-8-12-17-22/h7-12,14-17,19-20,23-24,26-27H,4-6,13,18H2,1-3H3/t19-,20-,23-,24+,25?/m0/s1. The Morgan fingerprint density at radius 2 is 1.26 bits per heavy atom. The first kappa shape index (κ1) is 20.1. The van der Waals surface area contributed by atoms with Crippen LogP contribution in [0.5, 0.6) is 0 Å². The summed E-state index contributed by atoms with van der Waals surface area (Å²) in [6, 6.07) is 21.6. The molecule has 2 heteroatoms. The highest BCUT2D eigenvalue weighted by Crippen LogP contribution is 2.48. The van der Waals surface area contributed by atoms with E-state index < -0.39 is 5.60 Å². The van der Waals surface area contributed by atoms with Crippen molar-refractivity contribution in [3.8, 4) is 0 Å². The molecule has 2 aromatic rings. The SMILES string of the molecule is CCCCCCC1(O)[C@@H](C)[C@@H](c2ccccc2)N[C@@H](c2ccccc2)[C@@H]1C. The van der Waals surface area contributed by atoms with Gasteiger partial charge in [-0.15, -0.1) is 0 Å². The van der Waals surface area contributed by atoms with Crippen LogP contribution >= 0.6 is 0 Å². The van der Waals surface area contributed by atoms with Crippen LogP contribution in [0.15, 0.2) is 60.7 Å². The van der Waals surface area contributed by atoms with E-state index in [0.29, 0.717) is 0 Å². The summed E-state index contributed by atoms with van der Waals surface area (Å²) in [5.74, 6) is 0.327. The third-order valence-electron chi connectivity index (χ3n) is 6.68. The second kappa shape index (κ2) is 9.03. The molecule has 0 bridgehead atoms. The average molecular weight is 366 g/mol. The van der Waals surface area contributed by atoms with Gasteiger partial charge in [0.25, 0.3) is 0 Å². The van der Waals surface area contributed by atoms with Gasteiger partial charge in [0, 0.05) is 23.9 Å². The lowest BCUT2D eigenvalue weighted by Crippen LogP contribution is -2.57. The van der Waals surface area contributed by atoms with E-state index in [9.17, 15) is 5.11 Å². The second-order valence-electron chi connectivity index (χ2n) is 8.32. The first-order chi connectivity index (χ1) is 13.1. The number of unbranched alkanes of at least 4 members (excludes halogenated alkanes) is 3. The highest BCUT2D eigenvalue weighted by Gasteiger charge is 2.50. The predicted molar refractivity (Wildman–Crippen MR) is 114 cm³/mol. The van der Waals surface area contributed by atoms with E-state index in [0.717, 1.165) is 12.8 Å². The highest BCUT2D eigenvalue weighted by atomic mass is 16.3. The van der Waals surface area contributed by atoms with Crippen LogP contribution in [0.1, 0.15) is 76.1 Å². The molecule has 0 saturated carbocycles. The zero-order valence-electron chi connectivity index (χ0n) is 17.1. The quantitative estimate of drug-likeness (QED) is 0.586. The van der Waals surface area contributed by atoms with Crippen LogP contribution in [0.2, 0.25) is 0 Å². The summed E-state index contributed by atoms with van der Waals surface area (Å²) in [6.07, 6.45) is 5.66. The predicted octanol–water partition coefficient (Wildman–Crippen LogP) is 6.05. The number of benzene rings is 2. The maximum absolute atomic E-state index is 11.9. The van der Waals surface area contributed by atoms with Crippen LogP contribution in [0.25, 0.3) is 0 Å². The molecule has 1 fully saturated rings. The van der Waals surface area contributed by atoms with Crippen molar-refractivity contribution in [2.75, 3.05) is 0 Å². The normalized spacial score (nSPS) is 31.0. The molecule has 0 aromatic heterocycles. The minimum absolute atomic E-state index is 0.156. The fraction of sp³-hybridized carbons (Fsp3) is 0.520. The number of rotatable bonds is 7. The Balaban J connectivity index is 1.92. The lowest BCUT2D eigenvalue weighted by Gasteiger charge is -2.52. The van der Waals surface area contributed by atoms with E-state index >= 15 is 0 Å². The molecule has 1 heterocycles. The summed E-state index contributed by atoms with van der Waals surface area (Å²) >= 11 is 0. The Morgan fingerprint density at radius 1 is 0.778 bits per heavy atom. The summed E-state index contributed by atoms with van der Waals surface area (Å²) in [5, 5.41) is 15.8. The zero-order chi connectivity index (χ0) is 19.3. The van der Waals surface area contributed by atoms with Crippen LogP contribution in [0.3, 0.4) is 0 Å². The molecule has 1 unspecified atom stereocenters. The molecule has 5 atom stereocenters. The van der Waals surface area contributed by atoms with Crippen molar-refractivity contribution >= 4 is 0 Å². The lowest BCUT2D eigenvalue weighted by molar-refractivity contribution is -0.117. The van der Waals surface area contributed by atoms with E-state index in [1.807, 2.05) is 0 Å². The van der Waals surface area contributed by atoms with Gasteiger partial charge >= 0.3 is 0 Å². The molecular formula is C25H35NO. The number of aliphatic hydroxyl groups is 1. The van der Waals surface area contributed by atoms with Crippen molar-refractivity contribution < 1.29 is 5.11 Å². The Bertz CT molecular complexity index is 632. The number of hydrogen-bond donors (Lipinski definition) is 2. The molecule has 0 radical (unpaired) electrons. The van der Waals surface area contributed by atoms with Crippen molar-refractivity contribution in [3.05, 3.63) is 71.8 Å². The van der Waals surface area contributed by atoms with Crippen LogP contribution in [0.4, 0.5) is 0 Å². The van der Waals surface area contributed by atoms with E-state index in [1.54, 1.807) is 0 Å². The van der Waals surface area contributed by atoms with Gasteiger partial charge in [-0.3, -0.25) is 0 Å². The average Bonchev–Trinajstić information content (AvgIpc) is 2.71. The number of hydrogen-bond acceptors (Lipinski definition) is 2. The Labute approximate surface area is 165 Å². The maximum atomic E-state index is 11.9. The smallest absolute Gasteiger partial charge is 0.0734 e. The van der Waals surface area contributed by atoms with E-state index in [2.05, 4.69) is 86.8 Å². The fourth-order valence-corrected chi connectivity index (χ4v) is 4.85. The molecule has 0 spiro atoms. The summed E-state index contributed by atoms with van der Waals surface area (Å²) in [6.45, 7) is 6.69.